The number of nitrogens with zero attached hydrogens (tertiary/aromatic N) is 1. The first kappa shape index (κ1) is 15.1. The molecule has 0 aromatic heterocycles. The van der Waals surface area contributed by atoms with Crippen LogP contribution < -0.4 is 14.8 Å². The Hall–Kier alpha value is -1.30. The van der Waals surface area contributed by atoms with E-state index in [2.05, 4.69) is 10.2 Å². The zero-order valence-electron chi connectivity index (χ0n) is 12.3. The standard InChI is InChI=1S/C15H24N2O3/c1-19-12-3-4-13(15(11-12)20-2)14(5-10-18)17-8-6-16-7-9-17/h3-4,11,14,16,18H,5-10H2,1-2H3/t14-/m0/s1. The highest BCUT2D eigenvalue weighted by molar-refractivity contribution is 5.42. The fourth-order valence-corrected chi connectivity index (χ4v) is 2.74. The molecule has 1 heterocycles. The first-order valence-electron chi connectivity index (χ1n) is 7.07. The van der Waals surface area contributed by atoms with Crippen molar-refractivity contribution >= 4 is 0 Å². The van der Waals surface area contributed by atoms with Gasteiger partial charge in [0.15, 0.2) is 0 Å². The number of piperazine rings is 1. The van der Waals surface area contributed by atoms with Crippen molar-refractivity contribution in [2.24, 2.45) is 0 Å². The van der Waals surface area contributed by atoms with E-state index in [0.717, 1.165) is 43.2 Å². The van der Waals surface area contributed by atoms with E-state index in [1.165, 1.54) is 0 Å². The fraction of sp³-hybridized carbons (Fsp3) is 0.600. The van der Waals surface area contributed by atoms with Gasteiger partial charge in [0.1, 0.15) is 11.5 Å². The van der Waals surface area contributed by atoms with Crippen molar-refractivity contribution in [3.63, 3.8) is 0 Å². The summed E-state index contributed by atoms with van der Waals surface area (Å²) >= 11 is 0. The smallest absolute Gasteiger partial charge is 0.127 e. The van der Waals surface area contributed by atoms with E-state index in [0.29, 0.717) is 6.42 Å². The molecule has 1 aromatic carbocycles. The first-order chi connectivity index (χ1) is 9.80. The number of ether oxygens (including phenoxy) is 2. The van der Waals surface area contributed by atoms with Gasteiger partial charge in [-0.3, -0.25) is 4.90 Å². The maximum absolute atomic E-state index is 9.39. The number of methoxy groups -OCH3 is 2. The van der Waals surface area contributed by atoms with Gasteiger partial charge in [0.2, 0.25) is 0 Å². The van der Waals surface area contributed by atoms with Crippen LogP contribution in [0, 0.1) is 0 Å². The maximum Gasteiger partial charge on any atom is 0.127 e. The lowest BCUT2D eigenvalue weighted by molar-refractivity contribution is 0.139. The minimum absolute atomic E-state index is 0.170. The summed E-state index contributed by atoms with van der Waals surface area (Å²) in [5.41, 5.74) is 1.12. The van der Waals surface area contributed by atoms with Gasteiger partial charge in [-0.25, -0.2) is 0 Å². The van der Waals surface area contributed by atoms with E-state index in [1.807, 2.05) is 18.2 Å². The second kappa shape index (κ2) is 7.47. The molecule has 0 amide bonds. The molecule has 1 aromatic rings. The van der Waals surface area contributed by atoms with Crippen LogP contribution in [0.25, 0.3) is 0 Å². The molecule has 0 radical (unpaired) electrons. The third kappa shape index (κ3) is 3.42. The first-order valence-corrected chi connectivity index (χ1v) is 7.07. The van der Waals surface area contributed by atoms with Crippen LogP contribution in [0.4, 0.5) is 0 Å². The van der Waals surface area contributed by atoms with Crippen LogP contribution in [0.5, 0.6) is 11.5 Å². The Kier molecular flexibility index (Phi) is 5.64. The van der Waals surface area contributed by atoms with E-state index in [9.17, 15) is 5.11 Å². The minimum Gasteiger partial charge on any atom is -0.497 e. The second-order valence-electron chi connectivity index (χ2n) is 4.92. The molecule has 1 fully saturated rings. The molecule has 2 rings (SSSR count). The van der Waals surface area contributed by atoms with Gasteiger partial charge in [0.25, 0.3) is 0 Å². The van der Waals surface area contributed by atoms with E-state index in [1.54, 1.807) is 14.2 Å². The average molecular weight is 280 g/mol. The third-order valence-corrected chi connectivity index (χ3v) is 3.79. The van der Waals surface area contributed by atoms with Gasteiger partial charge < -0.3 is 19.9 Å². The molecule has 0 aliphatic carbocycles. The van der Waals surface area contributed by atoms with E-state index < -0.39 is 0 Å². The number of hydrogen-bond acceptors (Lipinski definition) is 5. The predicted molar refractivity (Wildman–Crippen MR) is 78.4 cm³/mol. The number of benzene rings is 1. The quantitative estimate of drug-likeness (QED) is 0.815. The largest absolute Gasteiger partial charge is 0.497 e. The molecule has 1 aliphatic heterocycles. The number of aliphatic hydroxyl groups excluding tert-OH is 1. The van der Waals surface area contributed by atoms with E-state index >= 15 is 0 Å². The van der Waals surface area contributed by atoms with Crippen LogP contribution in [0.1, 0.15) is 18.0 Å². The molecule has 5 nitrogen and oxygen atoms in total. The maximum atomic E-state index is 9.39. The summed E-state index contributed by atoms with van der Waals surface area (Å²) < 4.78 is 10.7. The monoisotopic (exact) mass is 280 g/mol. The Morgan fingerprint density at radius 3 is 2.60 bits per heavy atom. The average Bonchev–Trinajstić information content (AvgIpc) is 2.53. The zero-order valence-corrected chi connectivity index (χ0v) is 12.3. The summed E-state index contributed by atoms with van der Waals surface area (Å²) in [6, 6.07) is 6.08. The molecule has 0 unspecified atom stereocenters. The van der Waals surface area contributed by atoms with Gasteiger partial charge >= 0.3 is 0 Å². The number of nitrogens with one attached hydrogen (secondary N) is 1. The topological polar surface area (TPSA) is 54.0 Å². The van der Waals surface area contributed by atoms with Crippen LogP contribution in [0.3, 0.4) is 0 Å². The van der Waals surface area contributed by atoms with E-state index in [4.69, 9.17) is 9.47 Å². The Labute approximate surface area is 120 Å². The van der Waals surface area contributed by atoms with Crippen molar-refractivity contribution < 1.29 is 14.6 Å². The number of aliphatic hydroxyl groups is 1. The third-order valence-electron chi connectivity index (χ3n) is 3.79. The molecular formula is C15H24N2O3. The van der Waals surface area contributed by atoms with Crippen molar-refractivity contribution in [1.82, 2.24) is 10.2 Å². The lowest BCUT2D eigenvalue weighted by Crippen LogP contribution is -2.45. The molecule has 2 N–H and O–H groups in total. The summed E-state index contributed by atoms with van der Waals surface area (Å²) in [5, 5.41) is 12.7. The number of rotatable bonds is 6. The van der Waals surface area contributed by atoms with Gasteiger partial charge in [-0.1, -0.05) is 6.07 Å². The van der Waals surface area contributed by atoms with Crippen LogP contribution in [0.15, 0.2) is 18.2 Å². The predicted octanol–water partition coefficient (Wildman–Crippen LogP) is 1.03. The summed E-state index contributed by atoms with van der Waals surface area (Å²) in [4.78, 5) is 2.40. The van der Waals surface area contributed by atoms with Gasteiger partial charge in [-0.2, -0.15) is 0 Å². The van der Waals surface area contributed by atoms with Gasteiger partial charge in [0.05, 0.1) is 14.2 Å². The Morgan fingerprint density at radius 1 is 1.25 bits per heavy atom. The van der Waals surface area contributed by atoms with Crippen LogP contribution in [-0.2, 0) is 0 Å². The number of hydrogen-bond donors (Lipinski definition) is 2. The van der Waals surface area contributed by atoms with Crippen molar-refractivity contribution in [3.05, 3.63) is 23.8 Å². The molecule has 1 saturated heterocycles. The Balaban J connectivity index is 2.27. The Bertz CT molecular complexity index is 420. The van der Waals surface area contributed by atoms with Crippen molar-refractivity contribution in [2.45, 2.75) is 12.5 Å². The van der Waals surface area contributed by atoms with Gasteiger partial charge in [-0.15, -0.1) is 0 Å². The van der Waals surface area contributed by atoms with Crippen molar-refractivity contribution in [1.29, 1.82) is 0 Å². The molecule has 5 heteroatoms. The molecular weight excluding hydrogens is 256 g/mol. The van der Waals surface area contributed by atoms with E-state index in [-0.39, 0.29) is 12.6 Å². The van der Waals surface area contributed by atoms with Crippen LogP contribution in [0.2, 0.25) is 0 Å². The van der Waals surface area contributed by atoms with Crippen LogP contribution >= 0.6 is 0 Å². The second-order valence-corrected chi connectivity index (χ2v) is 4.92. The molecule has 112 valence electrons. The fourth-order valence-electron chi connectivity index (χ4n) is 2.74. The molecule has 0 bridgehead atoms. The SMILES string of the molecule is COc1ccc([C@H](CCO)N2CCNCC2)c(OC)c1. The molecule has 1 atom stereocenters. The molecule has 1 aliphatic rings. The van der Waals surface area contributed by atoms with Gasteiger partial charge in [0, 0.05) is 50.5 Å². The highest BCUT2D eigenvalue weighted by Gasteiger charge is 2.24. The molecule has 0 spiro atoms. The normalized spacial score (nSPS) is 17.8. The highest BCUT2D eigenvalue weighted by Crippen LogP contribution is 2.34. The lowest BCUT2D eigenvalue weighted by Gasteiger charge is -2.35. The summed E-state index contributed by atoms with van der Waals surface area (Å²) in [6.07, 6.45) is 0.711. The minimum atomic E-state index is 0.170. The summed E-state index contributed by atoms with van der Waals surface area (Å²) in [6.45, 7) is 4.12. The molecule has 20 heavy (non-hydrogen) atoms. The lowest BCUT2D eigenvalue weighted by atomic mass is 10.00. The summed E-state index contributed by atoms with van der Waals surface area (Å²) in [5.74, 6) is 1.61. The molecule has 0 saturated carbocycles. The van der Waals surface area contributed by atoms with Crippen molar-refractivity contribution in [3.8, 4) is 11.5 Å². The highest BCUT2D eigenvalue weighted by atomic mass is 16.5. The van der Waals surface area contributed by atoms with Crippen LogP contribution in [-0.4, -0.2) is 57.0 Å². The van der Waals surface area contributed by atoms with Gasteiger partial charge in [-0.05, 0) is 12.5 Å². The summed E-state index contributed by atoms with van der Waals surface area (Å²) in [7, 11) is 3.32. The zero-order chi connectivity index (χ0) is 14.4. The van der Waals surface area contributed by atoms with Crippen molar-refractivity contribution in [2.75, 3.05) is 47.0 Å². The Morgan fingerprint density at radius 2 is 2.00 bits per heavy atom.